The molecule has 0 spiro atoms. The van der Waals surface area contributed by atoms with Gasteiger partial charge in [0.1, 0.15) is 0 Å². The van der Waals surface area contributed by atoms with E-state index in [1.165, 1.54) is 142 Å². The summed E-state index contributed by atoms with van der Waals surface area (Å²) in [6.45, 7) is 14.3. The molecule has 176 valence electrons. The van der Waals surface area contributed by atoms with Crippen LogP contribution in [0.5, 0.6) is 0 Å². The highest BCUT2D eigenvalue weighted by molar-refractivity contribution is 4.70. The van der Waals surface area contributed by atoms with E-state index in [9.17, 15) is 0 Å². The minimum Gasteiger partial charge on any atom is -0.315 e. The molecule has 0 aliphatic rings. The van der Waals surface area contributed by atoms with Crippen molar-refractivity contribution in [3.8, 4) is 0 Å². The summed E-state index contributed by atoms with van der Waals surface area (Å²) in [6, 6.07) is 0.682. The summed E-state index contributed by atoms with van der Waals surface area (Å²) in [4.78, 5) is 2.79. The number of nitrogens with zero attached hydrogens (tertiary/aromatic N) is 1. The van der Waals surface area contributed by atoms with Crippen LogP contribution in [0.4, 0.5) is 0 Å². The van der Waals surface area contributed by atoms with E-state index in [1.807, 2.05) is 0 Å². The SMILES string of the molecule is CCCCCCCCNCC(C)N(CCCCCCCC)CCCCCCCC. The fourth-order valence-electron chi connectivity index (χ4n) is 4.21. The molecule has 0 fully saturated rings. The monoisotopic (exact) mass is 410 g/mol. The molecule has 0 aliphatic carbocycles. The van der Waals surface area contributed by atoms with E-state index in [4.69, 9.17) is 0 Å². The average Bonchev–Trinajstić information content (AvgIpc) is 2.73. The standard InChI is InChI=1S/C27H58N2/c1-5-8-11-14-17-20-23-28-26-27(4)29(24-21-18-15-12-9-6-2)25-22-19-16-13-10-7-3/h27-28H,5-26H2,1-4H3. The van der Waals surface area contributed by atoms with Crippen molar-refractivity contribution in [1.82, 2.24) is 10.2 Å². The van der Waals surface area contributed by atoms with Crippen LogP contribution in [0.2, 0.25) is 0 Å². The molecule has 0 aromatic carbocycles. The van der Waals surface area contributed by atoms with Crippen molar-refractivity contribution in [2.75, 3.05) is 26.2 Å². The van der Waals surface area contributed by atoms with Crippen molar-refractivity contribution in [3.63, 3.8) is 0 Å². The summed E-state index contributed by atoms with van der Waals surface area (Å²) < 4.78 is 0. The highest BCUT2D eigenvalue weighted by Crippen LogP contribution is 2.11. The first-order valence-corrected chi connectivity index (χ1v) is 13.7. The van der Waals surface area contributed by atoms with Gasteiger partial charge in [-0.15, -0.1) is 0 Å². The molecule has 0 radical (unpaired) electrons. The van der Waals surface area contributed by atoms with Crippen molar-refractivity contribution in [3.05, 3.63) is 0 Å². The second-order valence-corrected chi connectivity index (χ2v) is 9.39. The summed E-state index contributed by atoms with van der Waals surface area (Å²) in [5, 5.41) is 3.75. The molecule has 0 aliphatic heterocycles. The van der Waals surface area contributed by atoms with Crippen LogP contribution in [-0.2, 0) is 0 Å². The lowest BCUT2D eigenvalue weighted by Crippen LogP contribution is -2.41. The smallest absolute Gasteiger partial charge is 0.0192 e. The quantitative estimate of drug-likeness (QED) is 0.161. The molecule has 0 bridgehead atoms. The van der Waals surface area contributed by atoms with Gasteiger partial charge in [0.15, 0.2) is 0 Å². The van der Waals surface area contributed by atoms with E-state index < -0.39 is 0 Å². The van der Waals surface area contributed by atoms with Gasteiger partial charge in [-0.25, -0.2) is 0 Å². The fourth-order valence-corrected chi connectivity index (χ4v) is 4.21. The topological polar surface area (TPSA) is 15.3 Å². The van der Waals surface area contributed by atoms with Crippen molar-refractivity contribution in [1.29, 1.82) is 0 Å². The normalized spacial score (nSPS) is 12.7. The van der Waals surface area contributed by atoms with Gasteiger partial charge < -0.3 is 5.32 Å². The Hall–Kier alpha value is -0.0800. The maximum atomic E-state index is 3.75. The molecule has 2 nitrogen and oxygen atoms in total. The van der Waals surface area contributed by atoms with E-state index >= 15 is 0 Å². The maximum absolute atomic E-state index is 3.75. The van der Waals surface area contributed by atoms with Gasteiger partial charge in [-0.1, -0.05) is 117 Å². The van der Waals surface area contributed by atoms with Crippen molar-refractivity contribution in [2.45, 2.75) is 149 Å². The molecule has 0 amide bonds. The molecule has 0 aromatic heterocycles. The molecular weight excluding hydrogens is 352 g/mol. The highest BCUT2D eigenvalue weighted by Gasteiger charge is 2.12. The Morgan fingerprint density at radius 3 is 1.34 bits per heavy atom. The molecule has 0 rings (SSSR count). The third-order valence-corrected chi connectivity index (χ3v) is 6.37. The number of nitrogens with one attached hydrogen (secondary N) is 1. The number of hydrogen-bond acceptors (Lipinski definition) is 2. The Labute approximate surface area is 186 Å². The van der Waals surface area contributed by atoms with Crippen LogP contribution < -0.4 is 5.32 Å². The lowest BCUT2D eigenvalue weighted by molar-refractivity contribution is 0.195. The van der Waals surface area contributed by atoms with Gasteiger partial charge in [0.25, 0.3) is 0 Å². The predicted octanol–water partition coefficient (Wildman–Crippen LogP) is 8.35. The fraction of sp³-hybridized carbons (Fsp3) is 1.00. The van der Waals surface area contributed by atoms with Gasteiger partial charge in [-0.05, 0) is 45.8 Å². The van der Waals surface area contributed by atoms with Gasteiger partial charge in [-0.3, -0.25) is 4.90 Å². The first-order valence-electron chi connectivity index (χ1n) is 13.7. The Bertz CT molecular complexity index is 276. The number of unbranched alkanes of at least 4 members (excludes halogenated alkanes) is 15. The molecule has 2 heteroatoms. The molecule has 0 aromatic rings. The first kappa shape index (κ1) is 28.9. The Balaban J connectivity index is 3.98. The van der Waals surface area contributed by atoms with Crippen LogP contribution in [0, 0.1) is 0 Å². The van der Waals surface area contributed by atoms with Gasteiger partial charge in [0, 0.05) is 12.6 Å². The third-order valence-electron chi connectivity index (χ3n) is 6.37. The zero-order chi connectivity index (χ0) is 21.4. The van der Waals surface area contributed by atoms with Crippen LogP contribution >= 0.6 is 0 Å². The maximum Gasteiger partial charge on any atom is 0.0192 e. The minimum atomic E-state index is 0.682. The highest BCUT2D eigenvalue weighted by atomic mass is 15.2. The van der Waals surface area contributed by atoms with E-state index in [0.717, 1.165) is 0 Å². The molecule has 0 saturated carbocycles. The summed E-state index contributed by atoms with van der Waals surface area (Å²) in [5.74, 6) is 0. The van der Waals surface area contributed by atoms with Crippen molar-refractivity contribution < 1.29 is 0 Å². The average molecular weight is 411 g/mol. The summed E-state index contributed by atoms with van der Waals surface area (Å²) in [7, 11) is 0. The van der Waals surface area contributed by atoms with Crippen LogP contribution in [-0.4, -0.2) is 37.1 Å². The molecule has 1 N–H and O–H groups in total. The largest absolute Gasteiger partial charge is 0.315 e. The van der Waals surface area contributed by atoms with E-state index in [2.05, 4.69) is 37.9 Å². The van der Waals surface area contributed by atoms with Gasteiger partial charge >= 0.3 is 0 Å². The van der Waals surface area contributed by atoms with E-state index in [-0.39, 0.29) is 0 Å². The van der Waals surface area contributed by atoms with Crippen LogP contribution in [0.25, 0.3) is 0 Å². The third kappa shape index (κ3) is 21.0. The zero-order valence-electron chi connectivity index (χ0n) is 21.1. The molecule has 1 unspecified atom stereocenters. The predicted molar refractivity (Wildman–Crippen MR) is 134 cm³/mol. The Morgan fingerprint density at radius 2 is 0.897 bits per heavy atom. The van der Waals surface area contributed by atoms with Crippen molar-refractivity contribution in [2.24, 2.45) is 0 Å². The van der Waals surface area contributed by atoms with Gasteiger partial charge in [-0.2, -0.15) is 0 Å². The van der Waals surface area contributed by atoms with Crippen LogP contribution in [0.15, 0.2) is 0 Å². The Kier molecular flexibility index (Phi) is 24.1. The molecule has 29 heavy (non-hydrogen) atoms. The van der Waals surface area contributed by atoms with Gasteiger partial charge in [0.05, 0.1) is 0 Å². The number of rotatable bonds is 24. The summed E-state index contributed by atoms with van der Waals surface area (Å²) in [5.41, 5.74) is 0. The molecule has 1 atom stereocenters. The molecule has 0 saturated heterocycles. The van der Waals surface area contributed by atoms with Crippen LogP contribution in [0.1, 0.15) is 143 Å². The van der Waals surface area contributed by atoms with E-state index in [0.29, 0.717) is 6.04 Å². The van der Waals surface area contributed by atoms with Crippen molar-refractivity contribution >= 4 is 0 Å². The zero-order valence-corrected chi connectivity index (χ0v) is 21.1. The Morgan fingerprint density at radius 1 is 0.517 bits per heavy atom. The summed E-state index contributed by atoms with van der Waals surface area (Å²) in [6.07, 6.45) is 25.3. The lowest BCUT2D eigenvalue weighted by atomic mass is 10.1. The summed E-state index contributed by atoms with van der Waals surface area (Å²) >= 11 is 0. The second kappa shape index (κ2) is 24.2. The lowest BCUT2D eigenvalue weighted by Gasteiger charge is -2.29. The van der Waals surface area contributed by atoms with Crippen LogP contribution in [0.3, 0.4) is 0 Å². The second-order valence-electron chi connectivity index (χ2n) is 9.39. The number of hydrogen-bond donors (Lipinski definition) is 1. The van der Waals surface area contributed by atoms with E-state index in [1.54, 1.807) is 0 Å². The molecular formula is C27H58N2. The molecule has 0 heterocycles. The van der Waals surface area contributed by atoms with Gasteiger partial charge in [0.2, 0.25) is 0 Å². The minimum absolute atomic E-state index is 0.682. The first-order chi connectivity index (χ1) is 14.3.